The van der Waals surface area contributed by atoms with Gasteiger partial charge in [-0.25, -0.2) is 4.79 Å². The summed E-state index contributed by atoms with van der Waals surface area (Å²) in [4.78, 5) is 51.8. The second kappa shape index (κ2) is 26.4. The summed E-state index contributed by atoms with van der Waals surface area (Å²) in [6.45, 7) is 37.7. The van der Waals surface area contributed by atoms with E-state index < -0.39 is 5.97 Å². The second-order valence-electron chi connectivity index (χ2n) is 16.2. The molecule has 0 unspecified atom stereocenters. The van der Waals surface area contributed by atoms with Gasteiger partial charge in [0.15, 0.2) is 5.78 Å². The summed E-state index contributed by atoms with van der Waals surface area (Å²) in [5.74, 6) is 0.722. The molecular formula is C47H80N2O6. The Morgan fingerprint density at radius 1 is 0.709 bits per heavy atom. The monoisotopic (exact) mass is 769 g/mol. The Labute approximate surface area is 336 Å². The number of piperidine rings is 1. The largest absolute Gasteiger partial charge is 0.507 e. The lowest BCUT2D eigenvalue weighted by atomic mass is 9.75. The molecule has 55 heavy (non-hydrogen) atoms. The van der Waals surface area contributed by atoms with E-state index in [-0.39, 0.29) is 34.3 Å². The number of phenolic OH excluding ortho intramolecular Hbond substituents is 1. The molecule has 0 aromatic heterocycles. The Balaban J connectivity index is 0. The Hall–Kier alpha value is -3.52. The van der Waals surface area contributed by atoms with E-state index in [1.54, 1.807) is 45.0 Å². The molecule has 314 valence electrons. The molecule has 8 nitrogen and oxygen atoms in total. The van der Waals surface area contributed by atoms with Crippen molar-refractivity contribution in [2.75, 3.05) is 13.1 Å². The SMILES string of the molecule is CC(=O)CN1C(C)(C)CC(N2CCC2=O)CC1(C)C.CCC.CCC.CCC.CCC.CCC(=O)c1cc(C)c(OC(=O)c2cc(C)c(O)c(C)c2)c(C)c1. The lowest BCUT2D eigenvalue weighted by Gasteiger charge is -2.57. The van der Waals surface area contributed by atoms with Gasteiger partial charge in [-0.05, 0) is 122 Å². The zero-order valence-electron chi connectivity index (χ0n) is 38.3. The van der Waals surface area contributed by atoms with Gasteiger partial charge < -0.3 is 14.7 Å². The highest BCUT2D eigenvalue weighted by molar-refractivity contribution is 5.97. The summed E-state index contributed by atoms with van der Waals surface area (Å²) < 4.78 is 5.55. The zero-order chi connectivity index (χ0) is 43.3. The van der Waals surface area contributed by atoms with E-state index in [4.69, 9.17) is 4.74 Å². The number of aryl methyl sites for hydroxylation is 4. The smallest absolute Gasteiger partial charge is 0.343 e. The van der Waals surface area contributed by atoms with Crippen molar-refractivity contribution in [3.8, 4) is 11.5 Å². The fourth-order valence-corrected chi connectivity index (χ4v) is 6.56. The number of nitrogens with zero attached hydrogens (tertiary/aromatic N) is 2. The first-order valence-electron chi connectivity index (χ1n) is 20.8. The van der Waals surface area contributed by atoms with Crippen molar-refractivity contribution in [2.45, 2.75) is 193 Å². The molecule has 1 N–H and O–H groups in total. The molecular weight excluding hydrogens is 689 g/mol. The number of rotatable bonds is 7. The van der Waals surface area contributed by atoms with Crippen LogP contribution in [0.2, 0.25) is 0 Å². The summed E-state index contributed by atoms with van der Waals surface area (Å²) >= 11 is 0. The minimum Gasteiger partial charge on any atom is -0.507 e. The van der Waals surface area contributed by atoms with Crippen LogP contribution in [0.4, 0.5) is 0 Å². The van der Waals surface area contributed by atoms with Crippen LogP contribution in [-0.4, -0.2) is 68.6 Å². The molecule has 0 atom stereocenters. The highest BCUT2D eigenvalue weighted by Crippen LogP contribution is 2.41. The van der Waals surface area contributed by atoms with Gasteiger partial charge in [-0.2, -0.15) is 0 Å². The maximum Gasteiger partial charge on any atom is 0.343 e. The van der Waals surface area contributed by atoms with Crippen LogP contribution in [-0.2, 0) is 9.59 Å². The van der Waals surface area contributed by atoms with E-state index in [1.165, 1.54) is 25.7 Å². The number of hydrogen-bond acceptors (Lipinski definition) is 7. The van der Waals surface area contributed by atoms with Crippen molar-refractivity contribution in [2.24, 2.45) is 0 Å². The Kier molecular flexibility index (Phi) is 25.7. The van der Waals surface area contributed by atoms with Crippen molar-refractivity contribution in [1.29, 1.82) is 0 Å². The molecule has 2 aliphatic heterocycles. The van der Waals surface area contributed by atoms with Crippen LogP contribution in [0.15, 0.2) is 24.3 Å². The molecule has 8 heteroatoms. The van der Waals surface area contributed by atoms with Crippen molar-refractivity contribution < 1.29 is 29.0 Å². The number of ether oxygens (including phenoxy) is 1. The van der Waals surface area contributed by atoms with Crippen LogP contribution in [0.3, 0.4) is 0 Å². The van der Waals surface area contributed by atoms with Crippen molar-refractivity contribution in [1.82, 2.24) is 9.80 Å². The van der Waals surface area contributed by atoms with Crippen LogP contribution in [0.5, 0.6) is 11.5 Å². The van der Waals surface area contributed by atoms with Gasteiger partial charge in [0.1, 0.15) is 17.3 Å². The molecule has 2 fully saturated rings. The number of β-lactam (4-membered cyclic amide) rings is 1. The predicted octanol–water partition coefficient (Wildman–Crippen LogP) is 11.9. The third-order valence-corrected chi connectivity index (χ3v) is 8.67. The van der Waals surface area contributed by atoms with Gasteiger partial charge in [-0.1, -0.05) is 88.0 Å². The molecule has 0 bridgehead atoms. The average molecular weight is 769 g/mol. The molecule has 2 saturated heterocycles. The van der Waals surface area contributed by atoms with Gasteiger partial charge in [-0.3, -0.25) is 19.3 Å². The number of Topliss-reactive ketones (excluding diaryl/α,β-unsaturated/α-hetero) is 2. The zero-order valence-corrected chi connectivity index (χ0v) is 38.3. The van der Waals surface area contributed by atoms with E-state index in [9.17, 15) is 24.3 Å². The van der Waals surface area contributed by atoms with Gasteiger partial charge in [0.25, 0.3) is 0 Å². The number of esters is 1. The fraction of sp³-hybridized carbons (Fsp3) is 0.660. The number of hydrogen-bond donors (Lipinski definition) is 1. The number of aromatic hydroxyl groups is 1. The van der Waals surface area contributed by atoms with Gasteiger partial charge in [0.2, 0.25) is 5.91 Å². The van der Waals surface area contributed by atoms with Crippen LogP contribution in [0.25, 0.3) is 0 Å². The number of benzene rings is 2. The maximum absolute atomic E-state index is 12.4. The van der Waals surface area contributed by atoms with E-state index in [0.29, 0.717) is 53.4 Å². The molecule has 2 aromatic carbocycles. The molecule has 1 amide bonds. The second-order valence-corrected chi connectivity index (χ2v) is 16.2. The molecule has 4 rings (SSSR count). The standard InChI is InChI=1S/C20H22O4.C15H26N2O2.4C3H8/c1-6-17(21)15-9-13(4)19(14(5)10-15)24-20(23)16-7-11(2)18(22)12(3)8-16;1-11(18)10-17-14(2,3)8-12(9-15(17,4)5)16-7-6-13(16)19;4*1-3-2/h7-10,22H,6H2,1-5H3;12H,6-10H2,1-5H3;4*3H2,1-2H3. The predicted molar refractivity (Wildman–Crippen MR) is 232 cm³/mol. The summed E-state index contributed by atoms with van der Waals surface area (Å²) in [7, 11) is 0. The van der Waals surface area contributed by atoms with E-state index in [2.05, 4.69) is 88.0 Å². The number of amides is 1. The normalized spacial score (nSPS) is 15.3. The third-order valence-electron chi connectivity index (χ3n) is 8.67. The average Bonchev–Trinajstić information content (AvgIpc) is 3.06. The Bertz CT molecular complexity index is 1420. The van der Waals surface area contributed by atoms with Crippen LogP contribution >= 0.6 is 0 Å². The van der Waals surface area contributed by atoms with E-state index in [0.717, 1.165) is 30.5 Å². The molecule has 2 aliphatic rings. The van der Waals surface area contributed by atoms with Crippen molar-refractivity contribution in [3.05, 3.63) is 57.6 Å². The fourth-order valence-electron chi connectivity index (χ4n) is 6.56. The van der Waals surface area contributed by atoms with Crippen LogP contribution in [0.1, 0.15) is 191 Å². The molecule has 0 radical (unpaired) electrons. The summed E-state index contributed by atoms with van der Waals surface area (Å²) in [5, 5.41) is 9.81. The molecule has 2 heterocycles. The highest BCUT2D eigenvalue weighted by atomic mass is 16.5. The first-order valence-corrected chi connectivity index (χ1v) is 20.8. The highest BCUT2D eigenvalue weighted by Gasteiger charge is 2.48. The summed E-state index contributed by atoms with van der Waals surface area (Å²) in [5.41, 5.74) is 3.65. The van der Waals surface area contributed by atoms with Gasteiger partial charge in [-0.15, -0.1) is 0 Å². The lowest BCUT2D eigenvalue weighted by Crippen LogP contribution is -2.67. The van der Waals surface area contributed by atoms with Crippen molar-refractivity contribution in [3.63, 3.8) is 0 Å². The number of ketones is 2. The minimum absolute atomic E-state index is 0.0477. The molecule has 0 saturated carbocycles. The minimum atomic E-state index is -0.484. The topological polar surface area (TPSA) is 104 Å². The summed E-state index contributed by atoms with van der Waals surface area (Å²) in [6, 6.07) is 7.02. The molecule has 0 spiro atoms. The summed E-state index contributed by atoms with van der Waals surface area (Å²) in [6.07, 6.45) is 8.05. The third kappa shape index (κ3) is 17.9. The van der Waals surface area contributed by atoms with E-state index in [1.807, 2.05) is 25.7 Å². The van der Waals surface area contributed by atoms with Gasteiger partial charge in [0, 0.05) is 42.1 Å². The van der Waals surface area contributed by atoms with Crippen molar-refractivity contribution >= 4 is 23.4 Å². The number of carbonyl (C=O) groups is 4. The number of likely N-dealkylation sites (tertiary alicyclic amines) is 2. The first-order chi connectivity index (χ1) is 25.5. The van der Waals surface area contributed by atoms with Crippen LogP contribution in [0, 0.1) is 27.7 Å². The van der Waals surface area contributed by atoms with Crippen LogP contribution < -0.4 is 4.74 Å². The van der Waals surface area contributed by atoms with Gasteiger partial charge in [0.05, 0.1) is 12.1 Å². The van der Waals surface area contributed by atoms with Gasteiger partial charge >= 0.3 is 5.97 Å². The first kappa shape index (κ1) is 53.6. The number of phenols is 1. The van der Waals surface area contributed by atoms with E-state index >= 15 is 0 Å². The quantitative estimate of drug-likeness (QED) is 0.129. The Morgan fingerprint density at radius 3 is 1.40 bits per heavy atom. The maximum atomic E-state index is 12.4. The lowest BCUT2D eigenvalue weighted by molar-refractivity contribution is -0.151. The molecule has 0 aliphatic carbocycles. The molecule has 2 aromatic rings. The Morgan fingerprint density at radius 2 is 1.09 bits per heavy atom. The number of carbonyl (C=O) groups excluding carboxylic acids is 4.